The molecule has 8 nitrogen and oxygen atoms in total. The number of amides is 1. The monoisotopic (exact) mass is 325 g/mol. The van der Waals surface area contributed by atoms with E-state index in [1.54, 1.807) is 0 Å². The van der Waals surface area contributed by atoms with Gasteiger partial charge in [0.2, 0.25) is 5.91 Å². The number of carbonyl (C=O) groups excluding carboxylic acids is 1. The minimum atomic E-state index is -0.966. The summed E-state index contributed by atoms with van der Waals surface area (Å²) in [5.74, 6) is -0.438. The molecule has 1 saturated heterocycles. The largest absolute Gasteiger partial charge is 0.393 e. The molecule has 1 amide bonds. The fourth-order valence-corrected chi connectivity index (χ4v) is 3.29. The first-order valence-corrected chi connectivity index (χ1v) is 7.75. The van der Waals surface area contributed by atoms with Crippen molar-refractivity contribution in [2.75, 3.05) is 6.61 Å². The molecule has 23 heavy (non-hydrogen) atoms. The molecule has 0 unspecified atom stereocenters. The van der Waals surface area contributed by atoms with Crippen LogP contribution in [0.2, 0.25) is 0 Å². The summed E-state index contributed by atoms with van der Waals surface area (Å²) in [5, 5.41) is 12.7. The van der Waals surface area contributed by atoms with Gasteiger partial charge < -0.3 is 15.2 Å². The first-order chi connectivity index (χ1) is 10.9. The summed E-state index contributed by atoms with van der Waals surface area (Å²) in [6, 6.07) is 0.819. The molecular weight excluding hydrogens is 302 g/mol. The molecular formula is C15H23N3O5. The van der Waals surface area contributed by atoms with Crippen molar-refractivity contribution < 1.29 is 14.6 Å². The highest BCUT2D eigenvalue weighted by Gasteiger charge is 2.54. The molecule has 4 atom stereocenters. The molecule has 1 aromatic heterocycles. The first kappa shape index (κ1) is 17.4. The molecule has 128 valence electrons. The Balaban J connectivity index is 2.50. The number of aliphatic hydroxyl groups excluding tert-OH is 1. The fourth-order valence-electron chi connectivity index (χ4n) is 3.29. The van der Waals surface area contributed by atoms with Gasteiger partial charge in [0.15, 0.2) is 0 Å². The number of nitrogens with one attached hydrogen (secondary N) is 2. The second kappa shape index (κ2) is 6.67. The predicted molar refractivity (Wildman–Crippen MR) is 82.9 cm³/mol. The molecule has 1 aromatic rings. The second-order valence-corrected chi connectivity index (χ2v) is 5.85. The number of aromatic nitrogens is 2. The Kier molecular flexibility index (Phi) is 5.06. The normalized spacial score (nSPS) is 30.3. The lowest BCUT2D eigenvalue weighted by molar-refractivity contribution is -0.126. The molecule has 0 spiro atoms. The van der Waals surface area contributed by atoms with E-state index in [-0.39, 0.29) is 18.4 Å². The van der Waals surface area contributed by atoms with Crippen molar-refractivity contribution in [3.05, 3.63) is 33.1 Å². The van der Waals surface area contributed by atoms with E-state index in [2.05, 4.69) is 10.3 Å². The fraction of sp³-hybridized carbons (Fsp3) is 0.667. The predicted octanol–water partition coefficient (Wildman–Crippen LogP) is -0.263. The summed E-state index contributed by atoms with van der Waals surface area (Å²) in [4.78, 5) is 37.1. The smallest absolute Gasteiger partial charge is 0.330 e. The quantitative estimate of drug-likeness (QED) is 0.690. The lowest BCUT2D eigenvalue weighted by Gasteiger charge is -2.33. The zero-order valence-electron chi connectivity index (χ0n) is 13.5. The molecule has 0 bridgehead atoms. The van der Waals surface area contributed by atoms with Crippen LogP contribution < -0.4 is 16.6 Å². The van der Waals surface area contributed by atoms with Crippen LogP contribution in [-0.4, -0.2) is 38.8 Å². The van der Waals surface area contributed by atoms with E-state index < -0.39 is 29.1 Å². The third kappa shape index (κ3) is 3.09. The van der Waals surface area contributed by atoms with Gasteiger partial charge in [-0.2, -0.15) is 0 Å². The molecule has 1 fully saturated rings. The van der Waals surface area contributed by atoms with Crippen molar-refractivity contribution in [3.63, 3.8) is 0 Å². The lowest BCUT2D eigenvalue weighted by Crippen LogP contribution is -2.53. The van der Waals surface area contributed by atoms with E-state index in [1.165, 1.54) is 23.8 Å². The number of nitrogens with zero attached hydrogens (tertiary/aromatic N) is 1. The molecule has 0 saturated carbocycles. The van der Waals surface area contributed by atoms with Crippen molar-refractivity contribution >= 4 is 5.91 Å². The van der Waals surface area contributed by atoms with Crippen LogP contribution in [0.3, 0.4) is 0 Å². The van der Waals surface area contributed by atoms with Gasteiger partial charge in [0.25, 0.3) is 5.56 Å². The summed E-state index contributed by atoms with van der Waals surface area (Å²) >= 11 is 0. The topological polar surface area (TPSA) is 113 Å². The highest BCUT2D eigenvalue weighted by atomic mass is 16.5. The molecule has 3 N–H and O–H groups in total. The van der Waals surface area contributed by atoms with Crippen LogP contribution in [0.4, 0.5) is 0 Å². The molecule has 0 aliphatic carbocycles. The van der Waals surface area contributed by atoms with Gasteiger partial charge in [-0.25, -0.2) is 4.79 Å². The van der Waals surface area contributed by atoms with Gasteiger partial charge in [0.1, 0.15) is 11.8 Å². The maximum atomic E-state index is 12.1. The Morgan fingerprint density at radius 2 is 2.17 bits per heavy atom. The van der Waals surface area contributed by atoms with E-state index in [9.17, 15) is 19.5 Å². The third-order valence-electron chi connectivity index (χ3n) is 4.54. The molecule has 1 aliphatic heterocycles. The molecule has 1 aliphatic rings. The number of aromatic amines is 1. The highest BCUT2D eigenvalue weighted by molar-refractivity contribution is 5.73. The van der Waals surface area contributed by atoms with E-state index in [0.717, 1.165) is 0 Å². The van der Waals surface area contributed by atoms with Gasteiger partial charge in [-0.3, -0.25) is 19.1 Å². The Labute approximate surface area is 133 Å². The third-order valence-corrected chi connectivity index (χ3v) is 4.54. The van der Waals surface area contributed by atoms with Crippen LogP contribution in [-0.2, 0) is 9.53 Å². The van der Waals surface area contributed by atoms with Crippen LogP contribution >= 0.6 is 0 Å². The molecule has 2 rings (SSSR count). The van der Waals surface area contributed by atoms with Crippen LogP contribution in [0, 0.1) is 5.92 Å². The van der Waals surface area contributed by atoms with Crippen molar-refractivity contribution in [1.29, 1.82) is 0 Å². The summed E-state index contributed by atoms with van der Waals surface area (Å²) in [6.45, 7) is 4.91. The second-order valence-electron chi connectivity index (χ2n) is 5.85. The van der Waals surface area contributed by atoms with Gasteiger partial charge >= 0.3 is 5.69 Å². The van der Waals surface area contributed by atoms with E-state index in [0.29, 0.717) is 12.8 Å². The lowest BCUT2D eigenvalue weighted by atomic mass is 9.84. The SMILES string of the molecule is CC[C@H]1[C@H](n2ccc(=O)[nH]c2=O)O[C@](CC)(CO)[C@H]1NC(C)=O. The van der Waals surface area contributed by atoms with Gasteiger partial charge in [0.05, 0.1) is 12.6 Å². The van der Waals surface area contributed by atoms with Crippen molar-refractivity contribution in [3.8, 4) is 0 Å². The summed E-state index contributed by atoms with van der Waals surface area (Å²) in [7, 11) is 0. The minimum Gasteiger partial charge on any atom is -0.393 e. The maximum Gasteiger partial charge on any atom is 0.330 e. The Hall–Kier alpha value is -1.93. The number of ether oxygens (including phenoxy) is 1. The number of H-pyrrole nitrogens is 1. The van der Waals surface area contributed by atoms with Gasteiger partial charge in [-0.05, 0) is 12.8 Å². The van der Waals surface area contributed by atoms with Crippen LogP contribution in [0.15, 0.2) is 21.9 Å². The van der Waals surface area contributed by atoms with Crippen molar-refractivity contribution in [2.45, 2.75) is 51.5 Å². The summed E-state index contributed by atoms with van der Waals surface area (Å²) < 4.78 is 7.35. The summed E-state index contributed by atoms with van der Waals surface area (Å²) in [6.07, 6.45) is 1.80. The van der Waals surface area contributed by atoms with E-state index in [4.69, 9.17) is 4.74 Å². The number of aliphatic hydroxyl groups is 1. The first-order valence-electron chi connectivity index (χ1n) is 7.75. The van der Waals surface area contributed by atoms with Crippen LogP contribution in [0.5, 0.6) is 0 Å². The van der Waals surface area contributed by atoms with Crippen molar-refractivity contribution in [2.24, 2.45) is 5.92 Å². The average Bonchev–Trinajstić information content (AvgIpc) is 2.80. The number of hydrogen-bond acceptors (Lipinski definition) is 5. The zero-order valence-corrected chi connectivity index (χ0v) is 13.5. The summed E-state index contributed by atoms with van der Waals surface area (Å²) in [5.41, 5.74) is -2.03. The van der Waals surface area contributed by atoms with Crippen LogP contribution in [0.1, 0.15) is 39.8 Å². The molecule has 0 radical (unpaired) electrons. The van der Waals surface area contributed by atoms with E-state index >= 15 is 0 Å². The van der Waals surface area contributed by atoms with Gasteiger partial charge in [0, 0.05) is 25.1 Å². The number of rotatable bonds is 5. The van der Waals surface area contributed by atoms with Crippen molar-refractivity contribution in [1.82, 2.24) is 14.9 Å². The number of carbonyl (C=O) groups is 1. The minimum absolute atomic E-state index is 0.213. The van der Waals surface area contributed by atoms with Gasteiger partial charge in [-0.15, -0.1) is 0 Å². The van der Waals surface area contributed by atoms with Gasteiger partial charge in [-0.1, -0.05) is 13.8 Å². The van der Waals surface area contributed by atoms with Crippen LogP contribution in [0.25, 0.3) is 0 Å². The zero-order chi connectivity index (χ0) is 17.2. The molecule has 2 heterocycles. The maximum absolute atomic E-state index is 12.1. The average molecular weight is 325 g/mol. The highest BCUT2D eigenvalue weighted by Crippen LogP contribution is 2.44. The standard InChI is InChI=1S/C15H23N3O5/c1-4-10-12(16-9(3)20)15(5-2,8-19)23-13(10)18-7-6-11(21)17-14(18)22/h6-7,10,12-13,19H,4-5,8H2,1-3H3,(H,16,20)(H,17,21,22)/t10-,12+,13-,15-/m1/s1. The molecule has 8 heteroatoms. The molecule has 0 aromatic carbocycles. The Morgan fingerprint density at radius 3 is 2.65 bits per heavy atom. The number of hydrogen-bond donors (Lipinski definition) is 3. The Bertz CT molecular complexity index is 676. The Morgan fingerprint density at radius 1 is 1.48 bits per heavy atom. The van der Waals surface area contributed by atoms with E-state index in [1.807, 2.05) is 13.8 Å².